The maximum absolute atomic E-state index is 12.8. The zero-order valence-corrected chi connectivity index (χ0v) is 18.7. The summed E-state index contributed by atoms with van der Waals surface area (Å²) >= 11 is 3.59. The van der Waals surface area contributed by atoms with Gasteiger partial charge in [0.2, 0.25) is 11.8 Å². The Morgan fingerprint density at radius 3 is 2.61 bits per heavy atom. The van der Waals surface area contributed by atoms with E-state index in [1.54, 1.807) is 0 Å². The van der Waals surface area contributed by atoms with E-state index >= 15 is 0 Å². The van der Waals surface area contributed by atoms with E-state index in [9.17, 15) is 9.59 Å². The summed E-state index contributed by atoms with van der Waals surface area (Å²) in [7, 11) is 0. The second kappa shape index (κ2) is 8.30. The van der Waals surface area contributed by atoms with Gasteiger partial charge in [0, 0.05) is 59.9 Å². The second-order valence-corrected chi connectivity index (χ2v) is 8.84. The Morgan fingerprint density at radius 1 is 0.968 bits per heavy atom. The number of nitrogens with zero attached hydrogens (tertiary/aromatic N) is 3. The molecule has 0 spiro atoms. The van der Waals surface area contributed by atoms with Crippen LogP contribution in [0.5, 0.6) is 0 Å². The summed E-state index contributed by atoms with van der Waals surface area (Å²) in [5.41, 5.74) is 5.43. The molecular weight excluding hydrogens is 456 g/mol. The molecule has 0 bridgehead atoms. The van der Waals surface area contributed by atoms with Crippen LogP contribution in [0.25, 0.3) is 10.9 Å². The van der Waals surface area contributed by atoms with Gasteiger partial charge >= 0.3 is 0 Å². The minimum absolute atomic E-state index is 0.0230. The Hall–Kier alpha value is -2.93. The zero-order chi connectivity index (χ0) is 21.4. The van der Waals surface area contributed by atoms with Crippen molar-refractivity contribution >= 4 is 44.4 Å². The molecule has 0 unspecified atom stereocenters. The van der Waals surface area contributed by atoms with E-state index in [4.69, 9.17) is 0 Å². The normalized spacial score (nSPS) is 15.8. The number of nitrogens with one attached hydrogen (secondary N) is 1. The summed E-state index contributed by atoms with van der Waals surface area (Å²) < 4.78 is 1.03. The molecule has 0 saturated carbocycles. The minimum atomic E-state index is -0.0898. The number of aromatic amines is 1. The fraction of sp³-hybridized carbons (Fsp3) is 0.292. The maximum Gasteiger partial charge on any atom is 0.243 e. The van der Waals surface area contributed by atoms with Gasteiger partial charge in [-0.05, 0) is 27.6 Å². The maximum atomic E-state index is 12.8. The molecule has 2 aliphatic heterocycles. The van der Waals surface area contributed by atoms with Gasteiger partial charge in [0.05, 0.1) is 17.8 Å². The third kappa shape index (κ3) is 3.90. The lowest BCUT2D eigenvalue weighted by Crippen LogP contribution is -2.36. The first-order chi connectivity index (χ1) is 15.1. The van der Waals surface area contributed by atoms with Crippen molar-refractivity contribution in [2.24, 2.45) is 5.10 Å². The quantitative estimate of drug-likeness (QED) is 0.609. The third-order valence-corrected chi connectivity index (χ3v) is 6.72. The molecule has 2 aliphatic rings. The Balaban J connectivity index is 1.21. The number of aromatic nitrogens is 1. The molecule has 7 heteroatoms. The topological polar surface area (TPSA) is 68.8 Å². The van der Waals surface area contributed by atoms with Crippen LogP contribution in [0, 0.1) is 0 Å². The molecule has 2 amide bonds. The molecule has 0 fully saturated rings. The SMILES string of the molecule is O=C(CCC(=O)N1CCC(c2ccccc2)=N1)N1CCc2[nH]c3c(Br)cccc3c2C1. The third-order valence-electron chi connectivity index (χ3n) is 6.06. The monoisotopic (exact) mass is 478 g/mol. The Labute approximate surface area is 189 Å². The molecule has 0 radical (unpaired) electrons. The molecule has 2 aromatic carbocycles. The van der Waals surface area contributed by atoms with Crippen molar-refractivity contribution in [3.63, 3.8) is 0 Å². The molecule has 0 saturated heterocycles. The largest absolute Gasteiger partial charge is 0.357 e. The molecular formula is C24H23BrN4O2. The van der Waals surface area contributed by atoms with Crippen LogP contribution in [0.15, 0.2) is 58.1 Å². The van der Waals surface area contributed by atoms with Crippen molar-refractivity contribution in [1.29, 1.82) is 0 Å². The highest BCUT2D eigenvalue weighted by Crippen LogP contribution is 2.32. The molecule has 1 aromatic heterocycles. The lowest BCUT2D eigenvalue weighted by Gasteiger charge is -2.27. The van der Waals surface area contributed by atoms with Gasteiger partial charge in [-0.15, -0.1) is 0 Å². The summed E-state index contributed by atoms with van der Waals surface area (Å²) in [6.45, 7) is 1.83. The molecule has 31 heavy (non-hydrogen) atoms. The number of hydrogen-bond acceptors (Lipinski definition) is 3. The number of halogens is 1. The van der Waals surface area contributed by atoms with Crippen molar-refractivity contribution < 1.29 is 9.59 Å². The first kappa shape index (κ1) is 20.0. The van der Waals surface area contributed by atoms with Gasteiger partial charge < -0.3 is 9.88 Å². The van der Waals surface area contributed by atoms with Gasteiger partial charge in [-0.2, -0.15) is 5.10 Å². The van der Waals surface area contributed by atoms with Gasteiger partial charge in [-0.1, -0.05) is 42.5 Å². The van der Waals surface area contributed by atoms with E-state index < -0.39 is 0 Å². The lowest BCUT2D eigenvalue weighted by atomic mass is 10.0. The highest BCUT2D eigenvalue weighted by molar-refractivity contribution is 9.10. The van der Waals surface area contributed by atoms with Gasteiger partial charge in [0.15, 0.2) is 0 Å². The number of H-pyrrole nitrogens is 1. The number of para-hydroxylation sites is 1. The van der Waals surface area contributed by atoms with E-state index in [-0.39, 0.29) is 24.7 Å². The van der Waals surface area contributed by atoms with Crippen molar-refractivity contribution in [3.05, 3.63) is 69.8 Å². The van der Waals surface area contributed by atoms with E-state index in [1.165, 1.54) is 16.3 Å². The molecule has 6 nitrogen and oxygen atoms in total. The van der Waals surface area contributed by atoms with Crippen molar-refractivity contribution in [2.75, 3.05) is 13.1 Å². The molecule has 1 N–H and O–H groups in total. The number of hydrogen-bond donors (Lipinski definition) is 1. The molecule has 3 heterocycles. The summed E-state index contributed by atoms with van der Waals surface area (Å²) in [6.07, 6.45) is 1.95. The number of benzene rings is 2. The van der Waals surface area contributed by atoms with Crippen LogP contribution in [0.1, 0.15) is 36.1 Å². The average molecular weight is 479 g/mol. The minimum Gasteiger partial charge on any atom is -0.357 e. The first-order valence-corrected chi connectivity index (χ1v) is 11.4. The standard InChI is InChI=1S/C24H23BrN4O2/c25-19-8-4-7-17-18-15-28(13-11-21(18)26-24(17)19)22(30)9-10-23(31)29-14-12-20(27-29)16-5-2-1-3-6-16/h1-8,26H,9-15H2. The van der Waals surface area contributed by atoms with Crippen LogP contribution in [0.3, 0.4) is 0 Å². The summed E-state index contributed by atoms with van der Waals surface area (Å²) in [4.78, 5) is 30.8. The smallest absolute Gasteiger partial charge is 0.243 e. The van der Waals surface area contributed by atoms with E-state index in [0.717, 1.165) is 39.5 Å². The van der Waals surface area contributed by atoms with Crippen LogP contribution in [0.2, 0.25) is 0 Å². The van der Waals surface area contributed by atoms with Crippen molar-refractivity contribution in [1.82, 2.24) is 14.9 Å². The number of rotatable bonds is 4. The molecule has 3 aromatic rings. The highest BCUT2D eigenvalue weighted by Gasteiger charge is 2.26. The average Bonchev–Trinajstić information content (AvgIpc) is 3.44. The summed E-state index contributed by atoms with van der Waals surface area (Å²) in [6, 6.07) is 16.0. The lowest BCUT2D eigenvalue weighted by molar-refractivity contribution is -0.137. The van der Waals surface area contributed by atoms with E-state index in [2.05, 4.69) is 32.1 Å². The molecule has 0 aliphatic carbocycles. The summed E-state index contributed by atoms with van der Waals surface area (Å²) in [5.74, 6) is -0.0668. The van der Waals surface area contributed by atoms with Crippen LogP contribution >= 0.6 is 15.9 Å². The zero-order valence-electron chi connectivity index (χ0n) is 17.1. The van der Waals surface area contributed by atoms with Crippen molar-refractivity contribution in [2.45, 2.75) is 32.2 Å². The predicted octanol–water partition coefficient (Wildman–Crippen LogP) is 4.23. The van der Waals surface area contributed by atoms with Gasteiger partial charge in [-0.3, -0.25) is 9.59 Å². The molecule has 158 valence electrons. The van der Waals surface area contributed by atoms with Crippen LogP contribution in [-0.2, 0) is 22.6 Å². The van der Waals surface area contributed by atoms with E-state index in [0.29, 0.717) is 19.6 Å². The number of carbonyl (C=O) groups is 2. The van der Waals surface area contributed by atoms with Gasteiger partial charge in [0.1, 0.15) is 0 Å². The fourth-order valence-corrected chi connectivity index (χ4v) is 4.85. The molecule has 5 rings (SSSR count). The highest BCUT2D eigenvalue weighted by atomic mass is 79.9. The number of hydrazone groups is 1. The van der Waals surface area contributed by atoms with Gasteiger partial charge in [-0.25, -0.2) is 5.01 Å². The first-order valence-electron chi connectivity index (χ1n) is 10.6. The van der Waals surface area contributed by atoms with Crippen LogP contribution in [-0.4, -0.2) is 45.5 Å². The van der Waals surface area contributed by atoms with Crippen LogP contribution in [0.4, 0.5) is 0 Å². The number of amides is 2. The van der Waals surface area contributed by atoms with Gasteiger partial charge in [0.25, 0.3) is 0 Å². The van der Waals surface area contributed by atoms with E-state index in [1.807, 2.05) is 47.4 Å². The number of fused-ring (bicyclic) bond motifs is 3. The Bertz CT molecular complexity index is 1190. The second-order valence-electron chi connectivity index (χ2n) is 7.99. The summed E-state index contributed by atoms with van der Waals surface area (Å²) in [5, 5.41) is 7.15. The van der Waals surface area contributed by atoms with Crippen LogP contribution < -0.4 is 0 Å². The Morgan fingerprint density at radius 2 is 1.77 bits per heavy atom. The fourth-order valence-electron chi connectivity index (χ4n) is 4.39. The molecule has 0 atom stereocenters. The number of carbonyl (C=O) groups excluding carboxylic acids is 2. The Kier molecular flexibility index (Phi) is 5.36. The van der Waals surface area contributed by atoms with Crippen molar-refractivity contribution in [3.8, 4) is 0 Å². The predicted molar refractivity (Wildman–Crippen MR) is 124 cm³/mol.